The molecule has 0 amide bonds. The van der Waals surface area contributed by atoms with Crippen LogP contribution in [0.15, 0.2) is 47.9 Å². The number of para-hydroxylation sites is 1. The molecule has 9 nitrogen and oxygen atoms in total. The van der Waals surface area contributed by atoms with Gasteiger partial charge in [0.05, 0.1) is 10.8 Å². The predicted molar refractivity (Wildman–Crippen MR) is 91.2 cm³/mol. The third-order valence-electron chi connectivity index (χ3n) is 3.38. The molecule has 3 rings (SSSR count). The Morgan fingerprint density at radius 1 is 1.28 bits per heavy atom. The number of hydrogen-bond donors (Lipinski definition) is 0. The standard InChI is InChI=1S/C15H16N6O3S/c1-2-20-14(10-24-13-6-4-3-5-7-13)17-18-15(20)25-11-19-9-12(8-16-19)21(22)23/h3-9H,2,10-11H2,1H3. The van der Waals surface area contributed by atoms with Gasteiger partial charge < -0.3 is 9.30 Å². The molecule has 3 aromatic rings. The summed E-state index contributed by atoms with van der Waals surface area (Å²) in [5.41, 5.74) is -0.0329. The van der Waals surface area contributed by atoms with Gasteiger partial charge in [0.15, 0.2) is 11.0 Å². The summed E-state index contributed by atoms with van der Waals surface area (Å²) in [6, 6.07) is 9.50. The quantitative estimate of drug-likeness (QED) is 0.346. The van der Waals surface area contributed by atoms with Crippen LogP contribution in [0.5, 0.6) is 5.75 Å². The first-order chi connectivity index (χ1) is 12.2. The van der Waals surface area contributed by atoms with Crippen LogP contribution >= 0.6 is 11.8 Å². The Labute approximate surface area is 147 Å². The molecular weight excluding hydrogens is 344 g/mol. The average Bonchev–Trinajstić information content (AvgIpc) is 3.25. The summed E-state index contributed by atoms with van der Waals surface area (Å²) in [6.07, 6.45) is 2.61. The van der Waals surface area contributed by atoms with Gasteiger partial charge in [-0.1, -0.05) is 30.0 Å². The number of ether oxygens (including phenoxy) is 1. The van der Waals surface area contributed by atoms with E-state index in [4.69, 9.17) is 4.74 Å². The number of nitro groups is 1. The molecule has 0 radical (unpaired) electrons. The third-order valence-corrected chi connectivity index (χ3v) is 4.33. The molecule has 0 fully saturated rings. The van der Waals surface area contributed by atoms with Gasteiger partial charge in [-0.3, -0.25) is 14.8 Å². The smallest absolute Gasteiger partial charge is 0.307 e. The number of thioether (sulfide) groups is 1. The number of rotatable bonds is 8. The third kappa shape index (κ3) is 4.15. The van der Waals surface area contributed by atoms with E-state index in [0.29, 0.717) is 24.2 Å². The van der Waals surface area contributed by atoms with E-state index in [0.717, 1.165) is 11.6 Å². The van der Waals surface area contributed by atoms with Gasteiger partial charge in [0, 0.05) is 6.54 Å². The van der Waals surface area contributed by atoms with Crippen molar-refractivity contribution < 1.29 is 9.66 Å². The molecule has 0 aliphatic rings. The van der Waals surface area contributed by atoms with Gasteiger partial charge in [-0.2, -0.15) is 5.10 Å². The van der Waals surface area contributed by atoms with E-state index in [1.807, 2.05) is 41.8 Å². The highest BCUT2D eigenvalue weighted by Crippen LogP contribution is 2.21. The molecule has 2 aromatic heterocycles. The van der Waals surface area contributed by atoms with Crippen molar-refractivity contribution in [2.24, 2.45) is 0 Å². The highest BCUT2D eigenvalue weighted by molar-refractivity contribution is 7.98. The highest BCUT2D eigenvalue weighted by Gasteiger charge is 2.14. The molecule has 0 atom stereocenters. The maximum atomic E-state index is 10.7. The molecule has 0 aliphatic carbocycles. The van der Waals surface area contributed by atoms with Crippen LogP contribution in [0.4, 0.5) is 5.69 Å². The zero-order chi connectivity index (χ0) is 17.6. The summed E-state index contributed by atoms with van der Waals surface area (Å²) in [5, 5.41) is 23.7. The fourth-order valence-electron chi connectivity index (χ4n) is 2.16. The lowest BCUT2D eigenvalue weighted by atomic mass is 10.3. The maximum absolute atomic E-state index is 10.7. The fraction of sp³-hybridized carbons (Fsp3) is 0.267. The van der Waals surface area contributed by atoms with Crippen LogP contribution < -0.4 is 4.74 Å². The summed E-state index contributed by atoms with van der Waals surface area (Å²) in [7, 11) is 0. The second kappa shape index (κ2) is 7.79. The van der Waals surface area contributed by atoms with Crippen molar-refractivity contribution in [3.63, 3.8) is 0 Å². The first-order valence-corrected chi connectivity index (χ1v) is 8.55. The summed E-state index contributed by atoms with van der Waals surface area (Å²) >= 11 is 1.40. The lowest BCUT2D eigenvalue weighted by Crippen LogP contribution is -2.07. The molecule has 0 unspecified atom stereocenters. The Morgan fingerprint density at radius 3 is 2.76 bits per heavy atom. The Morgan fingerprint density at radius 2 is 2.08 bits per heavy atom. The van der Waals surface area contributed by atoms with E-state index >= 15 is 0 Å². The average molecular weight is 360 g/mol. The molecule has 0 saturated heterocycles. The monoisotopic (exact) mass is 360 g/mol. The van der Waals surface area contributed by atoms with E-state index in [1.54, 1.807) is 0 Å². The van der Waals surface area contributed by atoms with E-state index in [2.05, 4.69) is 15.3 Å². The lowest BCUT2D eigenvalue weighted by molar-refractivity contribution is -0.385. The highest BCUT2D eigenvalue weighted by atomic mass is 32.2. The summed E-state index contributed by atoms with van der Waals surface area (Å²) in [4.78, 5) is 10.2. The molecule has 0 N–H and O–H groups in total. The van der Waals surface area contributed by atoms with Crippen molar-refractivity contribution in [2.45, 2.75) is 31.1 Å². The lowest BCUT2D eigenvalue weighted by Gasteiger charge is -2.08. The van der Waals surface area contributed by atoms with Crippen LogP contribution in [0.1, 0.15) is 12.7 Å². The molecule has 2 heterocycles. The van der Waals surface area contributed by atoms with Crippen LogP contribution in [0, 0.1) is 10.1 Å². The van der Waals surface area contributed by atoms with Gasteiger partial charge in [0.1, 0.15) is 24.8 Å². The van der Waals surface area contributed by atoms with Crippen molar-refractivity contribution in [3.05, 3.63) is 58.7 Å². The van der Waals surface area contributed by atoms with Crippen molar-refractivity contribution in [1.82, 2.24) is 24.5 Å². The molecular formula is C15H16N6O3S. The van der Waals surface area contributed by atoms with E-state index in [-0.39, 0.29) is 5.69 Å². The van der Waals surface area contributed by atoms with Crippen molar-refractivity contribution in [1.29, 1.82) is 0 Å². The SMILES string of the molecule is CCn1c(COc2ccccc2)nnc1SCn1cc([N+](=O)[O-])cn1. The van der Waals surface area contributed by atoms with E-state index in [9.17, 15) is 10.1 Å². The van der Waals surface area contributed by atoms with E-state index in [1.165, 1.54) is 28.8 Å². The maximum Gasteiger partial charge on any atom is 0.307 e. The van der Waals surface area contributed by atoms with Gasteiger partial charge in [0.2, 0.25) is 0 Å². The molecule has 0 bridgehead atoms. The molecule has 0 saturated carbocycles. The number of benzene rings is 1. The fourth-order valence-corrected chi connectivity index (χ4v) is 3.03. The minimum absolute atomic E-state index is 0.0329. The zero-order valence-corrected chi connectivity index (χ0v) is 14.3. The summed E-state index contributed by atoms with van der Waals surface area (Å²) in [6.45, 7) is 3.01. The Hall–Kier alpha value is -2.88. The Bertz CT molecular complexity index is 848. The van der Waals surface area contributed by atoms with Crippen LogP contribution in [0.25, 0.3) is 0 Å². The van der Waals surface area contributed by atoms with Crippen molar-refractivity contribution >= 4 is 17.4 Å². The first kappa shape index (κ1) is 17.0. The topological polar surface area (TPSA) is 101 Å². The molecule has 0 aliphatic heterocycles. The van der Waals surface area contributed by atoms with Crippen LogP contribution in [0.2, 0.25) is 0 Å². The minimum Gasteiger partial charge on any atom is -0.486 e. The largest absolute Gasteiger partial charge is 0.486 e. The molecule has 130 valence electrons. The second-order valence-electron chi connectivity index (χ2n) is 5.01. The van der Waals surface area contributed by atoms with E-state index < -0.39 is 4.92 Å². The van der Waals surface area contributed by atoms with Crippen LogP contribution in [0.3, 0.4) is 0 Å². The predicted octanol–water partition coefficient (Wildman–Crippen LogP) is 2.73. The molecule has 0 spiro atoms. The molecule has 1 aromatic carbocycles. The molecule has 10 heteroatoms. The Balaban J connectivity index is 1.63. The van der Waals surface area contributed by atoms with Gasteiger partial charge in [0.25, 0.3) is 0 Å². The first-order valence-electron chi connectivity index (χ1n) is 7.57. The van der Waals surface area contributed by atoms with Gasteiger partial charge in [-0.05, 0) is 19.1 Å². The van der Waals surface area contributed by atoms with Crippen LogP contribution in [-0.2, 0) is 19.0 Å². The number of aromatic nitrogens is 5. The second-order valence-corrected chi connectivity index (χ2v) is 5.93. The Kier molecular flexibility index (Phi) is 5.29. The van der Waals surface area contributed by atoms with Gasteiger partial charge in [-0.25, -0.2) is 0 Å². The van der Waals surface area contributed by atoms with Gasteiger partial charge in [-0.15, -0.1) is 10.2 Å². The molecule has 25 heavy (non-hydrogen) atoms. The van der Waals surface area contributed by atoms with Gasteiger partial charge >= 0.3 is 5.69 Å². The minimum atomic E-state index is -0.470. The number of hydrogen-bond acceptors (Lipinski definition) is 7. The number of nitrogens with zero attached hydrogens (tertiary/aromatic N) is 6. The summed E-state index contributed by atoms with van der Waals surface area (Å²) in [5.74, 6) is 1.90. The zero-order valence-electron chi connectivity index (χ0n) is 13.5. The van der Waals surface area contributed by atoms with Crippen molar-refractivity contribution in [2.75, 3.05) is 0 Å². The normalized spacial score (nSPS) is 10.8. The van der Waals surface area contributed by atoms with Crippen molar-refractivity contribution in [3.8, 4) is 5.75 Å². The summed E-state index contributed by atoms with van der Waals surface area (Å²) < 4.78 is 9.16. The van der Waals surface area contributed by atoms with Crippen LogP contribution in [-0.4, -0.2) is 29.5 Å².